The number of fused-ring (bicyclic) bond motifs is 1. The number of hydrogen-bond acceptors (Lipinski definition) is 5. The maximum Gasteiger partial charge on any atom is 0.356 e. The molecule has 2 aromatic rings. The number of esters is 1. The van der Waals surface area contributed by atoms with Gasteiger partial charge in [-0.15, -0.1) is 0 Å². The predicted molar refractivity (Wildman–Crippen MR) is 72.5 cm³/mol. The zero-order valence-corrected chi connectivity index (χ0v) is 10.9. The lowest BCUT2D eigenvalue weighted by Crippen LogP contribution is -2.27. The van der Waals surface area contributed by atoms with E-state index >= 15 is 0 Å². The fraction of sp³-hybridized carbons (Fsp3) is 0.214. The van der Waals surface area contributed by atoms with Gasteiger partial charge in [0.25, 0.3) is 0 Å². The molecule has 104 valence electrons. The van der Waals surface area contributed by atoms with Gasteiger partial charge in [-0.3, -0.25) is 0 Å². The SMILES string of the molecule is CCOC(=O)/C(Cc1cc[n+]([O-])c2ccccc12)=N\O. The summed E-state index contributed by atoms with van der Waals surface area (Å²) in [5, 5.41) is 24.3. The molecule has 0 bridgehead atoms. The smallest absolute Gasteiger partial charge is 0.356 e. The highest BCUT2D eigenvalue weighted by Gasteiger charge is 2.17. The molecule has 6 nitrogen and oxygen atoms in total. The van der Waals surface area contributed by atoms with Crippen LogP contribution in [0.2, 0.25) is 0 Å². The van der Waals surface area contributed by atoms with Gasteiger partial charge in [0, 0.05) is 18.6 Å². The minimum absolute atomic E-state index is 0.0939. The van der Waals surface area contributed by atoms with Crippen molar-refractivity contribution in [2.45, 2.75) is 13.3 Å². The molecule has 1 aromatic heterocycles. The van der Waals surface area contributed by atoms with Crippen molar-refractivity contribution in [1.82, 2.24) is 0 Å². The number of hydrogen-bond donors (Lipinski definition) is 1. The van der Waals surface area contributed by atoms with Crippen LogP contribution in [-0.2, 0) is 16.0 Å². The van der Waals surface area contributed by atoms with Gasteiger partial charge in [-0.1, -0.05) is 17.3 Å². The van der Waals surface area contributed by atoms with Crippen molar-refractivity contribution in [2.75, 3.05) is 6.61 Å². The van der Waals surface area contributed by atoms with Crippen LogP contribution in [0, 0.1) is 5.21 Å². The van der Waals surface area contributed by atoms with Crippen LogP contribution < -0.4 is 4.73 Å². The minimum Gasteiger partial charge on any atom is -0.618 e. The maximum atomic E-state index is 11.7. The van der Waals surface area contributed by atoms with Crippen molar-refractivity contribution in [3.05, 3.63) is 47.3 Å². The molecule has 0 aliphatic carbocycles. The second-order valence-corrected chi connectivity index (χ2v) is 4.13. The Hall–Kier alpha value is -2.63. The van der Waals surface area contributed by atoms with E-state index in [0.29, 0.717) is 16.5 Å². The number of pyridine rings is 1. The third-order valence-electron chi connectivity index (χ3n) is 2.89. The van der Waals surface area contributed by atoms with E-state index < -0.39 is 5.97 Å². The number of carbonyl (C=O) groups excluding carboxylic acids is 1. The molecule has 0 spiro atoms. The number of rotatable bonds is 4. The first-order valence-corrected chi connectivity index (χ1v) is 6.15. The average molecular weight is 274 g/mol. The monoisotopic (exact) mass is 274 g/mol. The Labute approximate surface area is 115 Å². The van der Waals surface area contributed by atoms with Gasteiger partial charge in [0.1, 0.15) is 0 Å². The van der Waals surface area contributed by atoms with Gasteiger partial charge in [-0.05, 0) is 18.6 Å². The third-order valence-corrected chi connectivity index (χ3v) is 2.89. The highest BCUT2D eigenvalue weighted by atomic mass is 16.5. The average Bonchev–Trinajstić information content (AvgIpc) is 2.47. The van der Waals surface area contributed by atoms with Gasteiger partial charge < -0.3 is 15.2 Å². The summed E-state index contributed by atoms with van der Waals surface area (Å²) in [4.78, 5) is 11.6. The number of para-hydroxylation sites is 1. The molecule has 20 heavy (non-hydrogen) atoms. The number of nitrogens with zero attached hydrogens (tertiary/aromatic N) is 2. The summed E-state index contributed by atoms with van der Waals surface area (Å²) in [6, 6.07) is 8.61. The maximum absolute atomic E-state index is 11.7. The van der Waals surface area contributed by atoms with Crippen molar-refractivity contribution < 1.29 is 19.5 Å². The van der Waals surface area contributed by atoms with Crippen molar-refractivity contribution >= 4 is 22.6 Å². The summed E-state index contributed by atoms with van der Waals surface area (Å²) < 4.78 is 5.56. The largest absolute Gasteiger partial charge is 0.618 e. The summed E-state index contributed by atoms with van der Waals surface area (Å²) in [7, 11) is 0. The topological polar surface area (TPSA) is 85.8 Å². The Bertz CT molecular complexity index is 667. The zero-order valence-electron chi connectivity index (χ0n) is 10.9. The normalized spacial score (nSPS) is 11.6. The molecule has 0 radical (unpaired) electrons. The van der Waals surface area contributed by atoms with Crippen molar-refractivity contribution in [1.29, 1.82) is 0 Å². The highest BCUT2D eigenvalue weighted by molar-refractivity contribution is 6.37. The Morgan fingerprint density at radius 1 is 1.40 bits per heavy atom. The van der Waals surface area contributed by atoms with Crippen LogP contribution in [0.5, 0.6) is 0 Å². The van der Waals surface area contributed by atoms with Crippen LogP contribution in [0.4, 0.5) is 0 Å². The van der Waals surface area contributed by atoms with E-state index in [1.54, 1.807) is 37.3 Å². The van der Waals surface area contributed by atoms with E-state index in [0.717, 1.165) is 4.73 Å². The van der Waals surface area contributed by atoms with Crippen molar-refractivity contribution in [3.8, 4) is 0 Å². The van der Waals surface area contributed by atoms with E-state index in [4.69, 9.17) is 9.94 Å². The molecule has 0 saturated carbocycles. The first-order valence-electron chi connectivity index (χ1n) is 6.15. The molecule has 6 heteroatoms. The molecular formula is C14H14N2O4. The van der Waals surface area contributed by atoms with Crippen LogP contribution in [-0.4, -0.2) is 23.5 Å². The van der Waals surface area contributed by atoms with Gasteiger partial charge in [0.05, 0.1) is 12.0 Å². The van der Waals surface area contributed by atoms with Crippen LogP contribution >= 0.6 is 0 Å². The van der Waals surface area contributed by atoms with Crippen LogP contribution in [0.25, 0.3) is 10.9 Å². The second kappa shape index (κ2) is 6.01. The Kier molecular flexibility index (Phi) is 4.14. The van der Waals surface area contributed by atoms with Gasteiger partial charge in [0.15, 0.2) is 11.9 Å². The lowest BCUT2D eigenvalue weighted by Gasteiger charge is -2.08. The minimum atomic E-state index is -0.669. The molecule has 1 N–H and O–H groups in total. The molecule has 1 heterocycles. The second-order valence-electron chi connectivity index (χ2n) is 4.13. The van der Waals surface area contributed by atoms with Crippen LogP contribution in [0.15, 0.2) is 41.7 Å². The van der Waals surface area contributed by atoms with E-state index in [2.05, 4.69) is 5.16 Å². The number of ether oxygens (including phenoxy) is 1. The number of benzene rings is 1. The Morgan fingerprint density at radius 3 is 2.85 bits per heavy atom. The van der Waals surface area contributed by atoms with E-state index in [-0.39, 0.29) is 18.7 Å². The lowest BCUT2D eigenvalue weighted by molar-refractivity contribution is -0.577. The van der Waals surface area contributed by atoms with E-state index in [9.17, 15) is 10.0 Å². The fourth-order valence-corrected chi connectivity index (χ4v) is 1.96. The lowest BCUT2D eigenvalue weighted by atomic mass is 10.0. The Morgan fingerprint density at radius 2 is 2.15 bits per heavy atom. The summed E-state index contributed by atoms with van der Waals surface area (Å²) in [5.74, 6) is -0.669. The molecule has 0 saturated heterocycles. The van der Waals surface area contributed by atoms with Crippen molar-refractivity contribution in [2.24, 2.45) is 5.16 Å². The molecule has 0 amide bonds. The van der Waals surface area contributed by atoms with Gasteiger partial charge >= 0.3 is 5.97 Å². The van der Waals surface area contributed by atoms with E-state index in [1.165, 1.54) is 6.20 Å². The summed E-state index contributed by atoms with van der Waals surface area (Å²) in [6.45, 7) is 1.87. The molecule has 0 unspecified atom stereocenters. The fourth-order valence-electron chi connectivity index (χ4n) is 1.96. The van der Waals surface area contributed by atoms with Gasteiger partial charge in [-0.2, -0.15) is 4.73 Å². The number of oxime groups is 1. The Balaban J connectivity index is 2.39. The molecule has 0 aliphatic heterocycles. The summed E-state index contributed by atoms with van der Waals surface area (Å²) in [5.41, 5.74) is 1.11. The van der Waals surface area contributed by atoms with Crippen molar-refractivity contribution in [3.63, 3.8) is 0 Å². The summed E-state index contributed by atoms with van der Waals surface area (Å²) >= 11 is 0. The van der Waals surface area contributed by atoms with Gasteiger partial charge in [-0.25, -0.2) is 4.79 Å². The van der Waals surface area contributed by atoms with Crippen LogP contribution in [0.3, 0.4) is 0 Å². The third kappa shape index (κ3) is 2.69. The number of carbonyl (C=O) groups is 1. The molecule has 0 fully saturated rings. The molecule has 0 aliphatic rings. The highest BCUT2D eigenvalue weighted by Crippen LogP contribution is 2.16. The molecular weight excluding hydrogens is 260 g/mol. The molecule has 2 rings (SSSR count). The first-order chi connectivity index (χ1) is 9.67. The van der Waals surface area contributed by atoms with E-state index in [1.807, 2.05) is 0 Å². The molecule has 1 aromatic carbocycles. The molecule has 0 atom stereocenters. The first kappa shape index (κ1) is 13.8. The quantitative estimate of drug-likeness (QED) is 0.228. The predicted octanol–water partition coefficient (Wildman–Crippen LogP) is 1.41. The van der Waals surface area contributed by atoms with Crippen LogP contribution in [0.1, 0.15) is 12.5 Å². The van der Waals surface area contributed by atoms with Gasteiger partial charge in [0.2, 0.25) is 5.52 Å². The summed E-state index contributed by atoms with van der Waals surface area (Å²) in [6.07, 6.45) is 1.45. The standard InChI is InChI=1S/C14H14N2O4/c1-2-20-14(17)12(15-18)9-10-7-8-16(19)13-6-4-3-5-11(10)13/h3-8,18H,2,9H2,1H3/b15-12-. The number of aromatic nitrogens is 1. The zero-order chi connectivity index (χ0) is 14.5.